The van der Waals surface area contributed by atoms with E-state index in [-0.39, 0.29) is 34.6 Å². The van der Waals surface area contributed by atoms with Gasteiger partial charge in [0.25, 0.3) is 5.91 Å². The second kappa shape index (κ2) is 13.0. The molecule has 3 aliphatic heterocycles. The summed E-state index contributed by atoms with van der Waals surface area (Å²) in [5.41, 5.74) is -0.807. The van der Waals surface area contributed by atoms with Crippen LogP contribution in [0.4, 0.5) is 9.59 Å². The highest BCUT2D eigenvalue weighted by Gasteiger charge is 2.67. The summed E-state index contributed by atoms with van der Waals surface area (Å²) < 4.78 is 49.7. The number of esters is 1. The molecule has 1 aromatic rings. The first-order valence-corrected chi connectivity index (χ1v) is 20.1. The van der Waals surface area contributed by atoms with Crippen LogP contribution in [0.2, 0.25) is 18.1 Å². The van der Waals surface area contributed by atoms with Crippen molar-refractivity contribution >= 4 is 32.4 Å². The minimum Gasteiger partial charge on any atom is -0.459 e. The van der Waals surface area contributed by atoms with Crippen molar-refractivity contribution in [3.8, 4) is 17.2 Å². The quantitative estimate of drug-likeness (QED) is 0.252. The zero-order valence-electron chi connectivity index (χ0n) is 31.5. The van der Waals surface area contributed by atoms with E-state index in [4.69, 9.17) is 37.6 Å². The normalized spacial score (nSPS) is 26.8. The van der Waals surface area contributed by atoms with Crippen molar-refractivity contribution in [1.82, 2.24) is 9.80 Å². The maximum Gasteiger partial charge on any atom is 0.417 e. The number of benzene rings is 1. The summed E-state index contributed by atoms with van der Waals surface area (Å²) >= 11 is 0. The minimum atomic E-state index is -2.61. The van der Waals surface area contributed by atoms with Crippen LogP contribution in [0, 0.1) is 0 Å². The van der Waals surface area contributed by atoms with Crippen LogP contribution in [0.3, 0.4) is 0 Å². The van der Waals surface area contributed by atoms with Gasteiger partial charge in [-0.2, -0.15) is 0 Å². The molecule has 6 atom stereocenters. The van der Waals surface area contributed by atoms with E-state index >= 15 is 0 Å². The van der Waals surface area contributed by atoms with Gasteiger partial charge in [0.1, 0.15) is 30.0 Å². The van der Waals surface area contributed by atoms with Crippen LogP contribution < -0.4 is 14.2 Å². The highest BCUT2D eigenvalue weighted by Crippen LogP contribution is 2.56. The Kier molecular flexibility index (Phi) is 9.82. The summed E-state index contributed by atoms with van der Waals surface area (Å²) in [5, 5.41) is -0.254. The standard InChI is InChI=1S/C35H52N2O12Si/c1-14-36(15-2)31(40)45-26-22-19(16-20-24(26)43-17-42-20)21-23(37(30(22)39)32(41)48-33(4,5)6)27-28(47-35(10,11)46-27)29(25(21)44-18(3)38)49-50(12,13)34(7,8)9/h16,21,23,25,27-29H,14-15,17H2,1-13H3/t21-,23+,25+,27-,28-,29-/m0/s1. The molecule has 0 aromatic heterocycles. The molecule has 4 aliphatic rings. The Hall–Kier alpha value is -3.40. The summed E-state index contributed by atoms with van der Waals surface area (Å²) in [7, 11) is -2.61. The lowest BCUT2D eigenvalue weighted by molar-refractivity contribution is -0.174. The molecule has 1 aromatic carbocycles. The number of hydrogen-bond donors (Lipinski definition) is 0. The van der Waals surface area contributed by atoms with Crippen LogP contribution in [0.1, 0.15) is 98.0 Å². The molecule has 0 radical (unpaired) electrons. The molecule has 15 heteroatoms. The lowest BCUT2D eigenvalue weighted by Crippen LogP contribution is -2.70. The van der Waals surface area contributed by atoms with E-state index in [1.807, 2.05) is 0 Å². The van der Waals surface area contributed by atoms with E-state index in [2.05, 4.69) is 33.9 Å². The average Bonchev–Trinajstić information content (AvgIpc) is 3.56. The molecule has 1 aliphatic carbocycles. The monoisotopic (exact) mass is 720 g/mol. The van der Waals surface area contributed by atoms with Gasteiger partial charge in [-0.3, -0.25) is 9.59 Å². The summed E-state index contributed by atoms with van der Waals surface area (Å²) in [6, 6.07) is 0.516. The van der Waals surface area contributed by atoms with E-state index in [0.717, 1.165) is 4.90 Å². The van der Waals surface area contributed by atoms with Crippen molar-refractivity contribution in [2.45, 2.75) is 142 Å². The fourth-order valence-electron chi connectivity index (χ4n) is 6.79. The molecule has 1 saturated heterocycles. The van der Waals surface area contributed by atoms with Crippen molar-refractivity contribution in [3.63, 3.8) is 0 Å². The fraction of sp³-hybridized carbons (Fsp3) is 0.714. The van der Waals surface area contributed by atoms with Gasteiger partial charge in [0, 0.05) is 25.9 Å². The molecule has 3 heterocycles. The average molecular weight is 721 g/mol. The number of fused-ring (bicyclic) bond motifs is 6. The first-order valence-electron chi connectivity index (χ1n) is 17.2. The van der Waals surface area contributed by atoms with Gasteiger partial charge < -0.3 is 42.5 Å². The maximum absolute atomic E-state index is 14.9. The number of imide groups is 1. The molecule has 1 saturated carbocycles. The van der Waals surface area contributed by atoms with Crippen molar-refractivity contribution in [1.29, 1.82) is 0 Å². The number of nitrogens with zero attached hydrogens (tertiary/aromatic N) is 2. The molecule has 2 fully saturated rings. The predicted molar refractivity (Wildman–Crippen MR) is 182 cm³/mol. The Morgan fingerprint density at radius 2 is 1.62 bits per heavy atom. The molecule has 14 nitrogen and oxygen atoms in total. The minimum absolute atomic E-state index is 0.0357. The molecule has 0 unspecified atom stereocenters. The van der Waals surface area contributed by atoms with E-state index in [1.54, 1.807) is 54.5 Å². The third-order valence-electron chi connectivity index (χ3n) is 9.95. The van der Waals surface area contributed by atoms with Crippen molar-refractivity contribution in [2.24, 2.45) is 0 Å². The first-order chi connectivity index (χ1) is 23.0. The van der Waals surface area contributed by atoms with E-state index < -0.39 is 80.1 Å². The number of carbonyl (C=O) groups excluding carboxylic acids is 4. The number of hydrogen-bond acceptors (Lipinski definition) is 12. The van der Waals surface area contributed by atoms with Crippen molar-refractivity contribution in [3.05, 3.63) is 17.2 Å². The summed E-state index contributed by atoms with van der Waals surface area (Å²) in [6.07, 6.45) is -5.48. The molecule has 50 heavy (non-hydrogen) atoms. The van der Waals surface area contributed by atoms with Gasteiger partial charge in [-0.15, -0.1) is 0 Å². The molecule has 0 spiro atoms. The molecule has 5 rings (SSSR count). The van der Waals surface area contributed by atoms with Crippen LogP contribution in [0.15, 0.2) is 6.07 Å². The van der Waals surface area contributed by atoms with Crippen molar-refractivity contribution < 1.29 is 56.8 Å². The Morgan fingerprint density at radius 3 is 2.18 bits per heavy atom. The topological polar surface area (TPSA) is 149 Å². The molecular formula is C35H52N2O12Si. The highest BCUT2D eigenvalue weighted by atomic mass is 28.4. The maximum atomic E-state index is 14.9. The number of rotatable bonds is 6. The SMILES string of the molecule is CCN(CC)C(=O)Oc1c2c(cc3c1C(=O)N(C(=O)OC(C)(C)C)[C@H]1[C@@H]4OC(C)(C)O[C@@H]4[C@@H](O[Si](C)(C)C(C)(C)C)[C@H](OC(C)=O)[C@@H]31)OCO2. The second-order valence-electron chi connectivity index (χ2n) is 16.1. The van der Waals surface area contributed by atoms with Gasteiger partial charge in [0.2, 0.25) is 12.5 Å². The lowest BCUT2D eigenvalue weighted by Gasteiger charge is -2.54. The largest absolute Gasteiger partial charge is 0.459 e. The highest BCUT2D eigenvalue weighted by molar-refractivity contribution is 6.74. The van der Waals surface area contributed by atoms with Gasteiger partial charge in [0.15, 0.2) is 25.6 Å². The first kappa shape index (κ1) is 37.8. The fourth-order valence-corrected chi connectivity index (χ4v) is 8.10. The smallest absolute Gasteiger partial charge is 0.417 e. The molecule has 278 valence electrons. The van der Waals surface area contributed by atoms with Crippen LogP contribution in [-0.2, 0) is 28.2 Å². The van der Waals surface area contributed by atoms with Crippen LogP contribution in [0.5, 0.6) is 17.2 Å². The molecule has 0 bridgehead atoms. The third-order valence-corrected chi connectivity index (χ3v) is 14.4. The van der Waals surface area contributed by atoms with Crippen molar-refractivity contribution in [2.75, 3.05) is 19.9 Å². The van der Waals surface area contributed by atoms with Gasteiger partial charge in [0.05, 0.1) is 11.6 Å². The van der Waals surface area contributed by atoms with E-state index in [1.165, 1.54) is 11.8 Å². The molecule has 3 amide bonds. The Balaban J connectivity index is 1.82. The van der Waals surface area contributed by atoms with Crippen LogP contribution in [0.25, 0.3) is 0 Å². The van der Waals surface area contributed by atoms with Gasteiger partial charge >= 0.3 is 18.2 Å². The summed E-state index contributed by atoms with van der Waals surface area (Å²) in [4.78, 5) is 58.1. The number of carbonyl (C=O) groups is 4. The number of ether oxygens (including phenoxy) is 7. The van der Waals surface area contributed by atoms with Gasteiger partial charge in [-0.25, -0.2) is 14.5 Å². The Labute approximate surface area is 295 Å². The zero-order chi connectivity index (χ0) is 37.3. The Morgan fingerprint density at radius 1 is 1.00 bits per heavy atom. The van der Waals surface area contributed by atoms with E-state index in [9.17, 15) is 19.2 Å². The Bertz CT molecular complexity index is 1540. The van der Waals surface area contributed by atoms with Crippen LogP contribution in [-0.4, -0.2) is 104 Å². The summed E-state index contributed by atoms with van der Waals surface area (Å²) in [5.74, 6) is -3.50. The van der Waals surface area contributed by atoms with Gasteiger partial charge in [-0.1, -0.05) is 20.8 Å². The summed E-state index contributed by atoms with van der Waals surface area (Å²) in [6.45, 7) is 24.3. The lowest BCUT2D eigenvalue weighted by atomic mass is 9.69. The van der Waals surface area contributed by atoms with Gasteiger partial charge in [-0.05, 0) is 78.2 Å². The number of amides is 3. The molecule has 0 N–H and O–H groups in total. The zero-order valence-corrected chi connectivity index (χ0v) is 32.5. The van der Waals surface area contributed by atoms with Crippen LogP contribution >= 0.6 is 0 Å². The third kappa shape index (κ3) is 6.81. The second-order valence-corrected chi connectivity index (χ2v) is 20.9. The molecular weight excluding hydrogens is 668 g/mol. The predicted octanol–water partition coefficient (Wildman–Crippen LogP) is 5.95. The van der Waals surface area contributed by atoms with E-state index in [0.29, 0.717) is 18.7 Å².